The molecule has 0 unspecified atom stereocenters. The number of rotatable bonds is 2. The molecule has 6 heteroatoms. The van der Waals surface area contributed by atoms with Crippen LogP contribution in [0.4, 0.5) is 0 Å². The van der Waals surface area contributed by atoms with Crippen LogP contribution in [0.3, 0.4) is 0 Å². The van der Waals surface area contributed by atoms with Crippen molar-refractivity contribution in [2.24, 2.45) is 23.2 Å². The summed E-state index contributed by atoms with van der Waals surface area (Å²) in [7, 11) is 0. The average Bonchev–Trinajstić information content (AvgIpc) is 3.22. The lowest BCUT2D eigenvalue weighted by Crippen LogP contribution is -2.63. The Kier molecular flexibility index (Phi) is 3.68. The van der Waals surface area contributed by atoms with Gasteiger partial charge >= 0.3 is 11.9 Å². The highest BCUT2D eigenvalue weighted by Crippen LogP contribution is 2.73. The molecule has 0 spiro atoms. The highest BCUT2D eigenvalue weighted by molar-refractivity contribution is 5.87. The van der Waals surface area contributed by atoms with Crippen LogP contribution in [0.25, 0.3) is 0 Å². The lowest BCUT2D eigenvalue weighted by Gasteiger charge is -2.55. The number of allylic oxidation sites excluding steroid dienone is 1. The van der Waals surface area contributed by atoms with Gasteiger partial charge < -0.3 is 19.3 Å². The fraction of sp³-hybridized carbons (Fsp3) is 0.800. The number of ether oxygens (including phenoxy) is 3. The van der Waals surface area contributed by atoms with Crippen molar-refractivity contribution in [1.82, 2.24) is 0 Å². The van der Waals surface area contributed by atoms with Crippen molar-refractivity contribution in [2.75, 3.05) is 0 Å². The molecule has 0 aromatic carbocycles. The van der Waals surface area contributed by atoms with E-state index in [1.165, 1.54) is 0 Å². The van der Waals surface area contributed by atoms with Gasteiger partial charge in [-0.2, -0.15) is 0 Å². The van der Waals surface area contributed by atoms with E-state index >= 15 is 0 Å². The van der Waals surface area contributed by atoms with E-state index in [0.29, 0.717) is 12.0 Å². The maximum Gasteiger partial charge on any atom is 0.333 e. The van der Waals surface area contributed by atoms with Crippen LogP contribution in [0.15, 0.2) is 11.6 Å². The van der Waals surface area contributed by atoms with Crippen LogP contribution < -0.4 is 0 Å². The van der Waals surface area contributed by atoms with E-state index in [1.54, 1.807) is 26.8 Å². The van der Waals surface area contributed by atoms with Crippen LogP contribution in [0.1, 0.15) is 53.9 Å². The molecular formula is C20H28O6. The minimum Gasteiger partial charge on any atom is -0.459 e. The first-order valence-electron chi connectivity index (χ1n) is 9.59. The Labute approximate surface area is 153 Å². The molecule has 144 valence electrons. The van der Waals surface area contributed by atoms with Gasteiger partial charge in [-0.3, -0.25) is 4.79 Å². The van der Waals surface area contributed by atoms with Crippen molar-refractivity contribution < 1.29 is 28.9 Å². The van der Waals surface area contributed by atoms with E-state index in [-0.39, 0.29) is 29.9 Å². The lowest BCUT2D eigenvalue weighted by molar-refractivity contribution is -0.190. The van der Waals surface area contributed by atoms with E-state index in [9.17, 15) is 14.7 Å². The Bertz CT molecular complexity index is 700. The summed E-state index contributed by atoms with van der Waals surface area (Å²) in [4.78, 5) is 24.5. The molecule has 8 atom stereocenters. The first-order valence-corrected chi connectivity index (χ1v) is 9.59. The number of esters is 2. The first-order chi connectivity index (χ1) is 12.1. The predicted octanol–water partition coefficient (Wildman–Crippen LogP) is 2.34. The van der Waals surface area contributed by atoms with Gasteiger partial charge in [-0.1, -0.05) is 19.9 Å². The summed E-state index contributed by atoms with van der Waals surface area (Å²) in [6, 6.07) is 0. The Morgan fingerprint density at radius 3 is 2.69 bits per heavy atom. The first kappa shape index (κ1) is 18.0. The van der Waals surface area contributed by atoms with Gasteiger partial charge in [0.15, 0.2) is 5.60 Å². The Morgan fingerprint density at radius 1 is 1.35 bits per heavy atom. The maximum absolute atomic E-state index is 12.3. The van der Waals surface area contributed by atoms with E-state index in [4.69, 9.17) is 14.2 Å². The van der Waals surface area contributed by atoms with Gasteiger partial charge in [-0.05, 0) is 39.5 Å². The van der Waals surface area contributed by atoms with Crippen LogP contribution in [-0.4, -0.2) is 40.6 Å². The van der Waals surface area contributed by atoms with Gasteiger partial charge in [0.2, 0.25) is 5.79 Å². The summed E-state index contributed by atoms with van der Waals surface area (Å²) in [6.07, 6.45) is 2.63. The zero-order valence-corrected chi connectivity index (χ0v) is 16.1. The monoisotopic (exact) mass is 364 g/mol. The van der Waals surface area contributed by atoms with Crippen molar-refractivity contribution in [3.63, 3.8) is 0 Å². The van der Waals surface area contributed by atoms with Crippen molar-refractivity contribution in [2.45, 2.75) is 77.5 Å². The Balaban J connectivity index is 1.69. The van der Waals surface area contributed by atoms with Gasteiger partial charge in [0.1, 0.15) is 6.10 Å². The van der Waals surface area contributed by atoms with Crippen molar-refractivity contribution >= 4 is 11.9 Å². The maximum atomic E-state index is 12.3. The van der Waals surface area contributed by atoms with E-state index in [0.717, 1.165) is 12.8 Å². The molecule has 2 aliphatic heterocycles. The lowest BCUT2D eigenvalue weighted by atomic mass is 9.50. The minimum atomic E-state index is -1.05. The average molecular weight is 364 g/mol. The third kappa shape index (κ3) is 1.89. The van der Waals surface area contributed by atoms with Crippen LogP contribution >= 0.6 is 0 Å². The topological polar surface area (TPSA) is 85.4 Å². The molecule has 4 rings (SSSR count). The molecule has 0 radical (unpaired) electrons. The quantitative estimate of drug-likeness (QED) is 0.460. The summed E-state index contributed by atoms with van der Waals surface area (Å²) >= 11 is 0. The number of hydrogen-bond donors (Lipinski definition) is 1. The van der Waals surface area contributed by atoms with Gasteiger partial charge in [0, 0.05) is 23.3 Å². The number of aliphatic hydroxyl groups excluding tert-OH is 1. The Hall–Kier alpha value is -1.40. The number of fused-ring (bicyclic) bond motifs is 1. The molecule has 4 aliphatic rings. The molecule has 2 saturated heterocycles. The largest absolute Gasteiger partial charge is 0.459 e. The SMILES string of the molecule is C/C=C(/C)C(=O)O[C@@H]1CC[C@H](C)[C@]2(C)[C@H]1C[C@@]13OC(=O)[C@H](C)[C@@]1(O3)[C@H]2O. The molecule has 2 heterocycles. The third-order valence-electron chi connectivity index (χ3n) is 7.84. The summed E-state index contributed by atoms with van der Waals surface area (Å²) in [6.45, 7) is 9.48. The normalized spacial score (nSPS) is 52.5. The number of aliphatic hydroxyl groups is 1. The molecule has 0 aromatic heterocycles. The zero-order chi connectivity index (χ0) is 19.1. The fourth-order valence-corrected chi connectivity index (χ4v) is 5.69. The molecule has 0 amide bonds. The molecule has 0 aromatic rings. The summed E-state index contributed by atoms with van der Waals surface area (Å²) in [5.74, 6) is -2.08. The zero-order valence-electron chi connectivity index (χ0n) is 16.1. The van der Waals surface area contributed by atoms with Crippen molar-refractivity contribution in [1.29, 1.82) is 0 Å². The van der Waals surface area contributed by atoms with Crippen LogP contribution in [0, 0.1) is 23.2 Å². The van der Waals surface area contributed by atoms with E-state index in [2.05, 4.69) is 6.92 Å². The second-order valence-electron chi connectivity index (χ2n) is 8.76. The van der Waals surface area contributed by atoms with Crippen LogP contribution in [-0.2, 0) is 23.8 Å². The fourth-order valence-electron chi connectivity index (χ4n) is 5.69. The number of epoxide rings is 1. The molecular weight excluding hydrogens is 336 g/mol. The minimum absolute atomic E-state index is 0.122. The molecule has 26 heavy (non-hydrogen) atoms. The van der Waals surface area contributed by atoms with Gasteiger partial charge in [0.25, 0.3) is 0 Å². The molecule has 4 fully saturated rings. The molecule has 1 N–H and O–H groups in total. The highest BCUT2D eigenvalue weighted by Gasteiger charge is 2.90. The Morgan fingerprint density at radius 2 is 2.04 bits per heavy atom. The van der Waals surface area contributed by atoms with E-state index < -0.39 is 28.8 Å². The van der Waals surface area contributed by atoms with Gasteiger partial charge in [-0.15, -0.1) is 0 Å². The van der Waals surface area contributed by atoms with E-state index in [1.807, 2.05) is 6.92 Å². The molecule has 6 nitrogen and oxygen atoms in total. The number of carbonyl (C=O) groups excluding carboxylic acids is 2. The number of hydrogen-bond acceptors (Lipinski definition) is 6. The standard InChI is InChI=1S/C20H28O6/c1-6-10(2)15(21)24-14-8-7-11(3)18(5)13(14)9-19-20(26-19,17(18)23)12(4)16(22)25-19/h6,11-14,17,23H,7-9H2,1-5H3/b10-6-/t11-,12-,13-,14+,17-,18+,19-,20+/m0/s1. The second-order valence-corrected chi connectivity index (χ2v) is 8.76. The summed E-state index contributed by atoms with van der Waals surface area (Å²) < 4.78 is 17.4. The molecule has 0 bridgehead atoms. The van der Waals surface area contributed by atoms with Crippen molar-refractivity contribution in [3.05, 3.63) is 11.6 Å². The van der Waals surface area contributed by atoms with Crippen molar-refractivity contribution in [3.8, 4) is 0 Å². The molecule has 2 saturated carbocycles. The molecule has 2 aliphatic carbocycles. The summed E-state index contributed by atoms with van der Waals surface area (Å²) in [5.41, 5.74) is -0.887. The predicted molar refractivity (Wildman–Crippen MR) is 91.7 cm³/mol. The number of carbonyl (C=O) groups is 2. The smallest absolute Gasteiger partial charge is 0.333 e. The second kappa shape index (κ2) is 5.32. The third-order valence-corrected chi connectivity index (χ3v) is 7.84. The van der Waals surface area contributed by atoms with Crippen LogP contribution in [0.2, 0.25) is 0 Å². The van der Waals surface area contributed by atoms with Crippen LogP contribution in [0.5, 0.6) is 0 Å². The highest BCUT2D eigenvalue weighted by atomic mass is 16.8. The van der Waals surface area contributed by atoms with Gasteiger partial charge in [0.05, 0.1) is 12.0 Å². The van der Waals surface area contributed by atoms with Gasteiger partial charge in [-0.25, -0.2) is 4.79 Å². The summed E-state index contributed by atoms with van der Waals surface area (Å²) in [5, 5.41) is 11.4.